The van der Waals surface area contributed by atoms with Gasteiger partial charge in [0.15, 0.2) is 9.84 Å². The molecular formula is C22H24N5O3SY-. The standard InChI is InChI=1S/C22H24N5O3S.Y/c1-14-22(26(2)25-24-14)16-11-18-21(23-12-16)20-17(5-4-6-19(20)31(3,28)29)27(18)13-15-7-9-30-10-8-15;/h4-6,11-13,15H,7-10H2,1-3H3;/q-1;. The molecule has 0 bridgehead atoms. The predicted molar refractivity (Wildman–Crippen MR) is 118 cm³/mol. The van der Waals surface area contributed by atoms with E-state index < -0.39 is 9.84 Å². The number of hydrogen-bond donors (Lipinski definition) is 0. The molecule has 1 aromatic carbocycles. The fourth-order valence-electron chi connectivity index (χ4n) is 4.45. The number of fused-ring (bicyclic) bond motifs is 3. The van der Waals surface area contributed by atoms with E-state index in [0.717, 1.165) is 54.0 Å². The van der Waals surface area contributed by atoms with Gasteiger partial charge in [0.1, 0.15) is 0 Å². The number of rotatable bonds is 4. The molecular weight excluding hydrogens is 503 g/mol. The number of pyridine rings is 1. The Morgan fingerprint density at radius 3 is 2.59 bits per heavy atom. The van der Waals surface area contributed by atoms with Crippen LogP contribution in [0.5, 0.6) is 0 Å². The molecule has 1 fully saturated rings. The molecule has 8 nitrogen and oxygen atoms in total. The van der Waals surface area contributed by atoms with E-state index in [9.17, 15) is 8.42 Å². The monoisotopic (exact) mass is 527 g/mol. The summed E-state index contributed by atoms with van der Waals surface area (Å²) >= 11 is 0. The molecule has 0 atom stereocenters. The topological polar surface area (TPSA) is 91.9 Å². The van der Waals surface area contributed by atoms with Crippen LogP contribution in [0.3, 0.4) is 0 Å². The summed E-state index contributed by atoms with van der Waals surface area (Å²) in [5.74, 6) is 0.346. The maximum atomic E-state index is 12.5. The summed E-state index contributed by atoms with van der Waals surface area (Å²) in [6, 6.07) is 7.46. The first-order valence-corrected chi connectivity index (χ1v) is 12.2. The smallest absolute Gasteiger partial charge is 0.175 e. The Morgan fingerprint density at radius 1 is 1.19 bits per heavy atom. The number of hydrogen-bond acceptors (Lipinski definition) is 6. The normalized spacial score (nSPS) is 15.2. The van der Waals surface area contributed by atoms with Crippen molar-refractivity contribution in [3.05, 3.63) is 42.7 Å². The van der Waals surface area contributed by atoms with E-state index in [0.29, 0.717) is 21.7 Å². The molecule has 0 N–H and O–H groups in total. The number of nitrogens with zero attached hydrogens (tertiary/aromatic N) is 5. The van der Waals surface area contributed by atoms with Crippen molar-refractivity contribution in [2.24, 2.45) is 13.0 Å². The van der Waals surface area contributed by atoms with Gasteiger partial charge in [-0.25, -0.2) is 13.1 Å². The van der Waals surface area contributed by atoms with Crippen LogP contribution in [0, 0.1) is 19.4 Å². The Hall–Kier alpha value is -1.81. The second-order valence-electron chi connectivity index (χ2n) is 8.13. The van der Waals surface area contributed by atoms with Crippen LogP contribution in [-0.2, 0) is 54.3 Å². The van der Waals surface area contributed by atoms with Crippen molar-refractivity contribution in [2.45, 2.75) is 24.7 Å². The van der Waals surface area contributed by atoms with Crippen LogP contribution in [0.2, 0.25) is 0 Å². The van der Waals surface area contributed by atoms with Crippen molar-refractivity contribution in [3.63, 3.8) is 0 Å². The van der Waals surface area contributed by atoms with Crippen molar-refractivity contribution in [2.75, 3.05) is 19.5 Å². The minimum Gasteiger partial charge on any atom is -0.476 e. The summed E-state index contributed by atoms with van der Waals surface area (Å²) in [5, 5.41) is 8.93. The molecule has 10 heteroatoms. The first kappa shape index (κ1) is 23.4. The van der Waals surface area contributed by atoms with Gasteiger partial charge < -0.3 is 9.30 Å². The molecule has 5 rings (SSSR count). The summed E-state index contributed by atoms with van der Waals surface area (Å²) in [6.07, 6.45) is 4.88. The van der Waals surface area contributed by atoms with Crippen molar-refractivity contribution < 1.29 is 45.9 Å². The number of benzene rings is 1. The fourth-order valence-corrected chi connectivity index (χ4v) is 5.35. The van der Waals surface area contributed by atoms with Crippen LogP contribution in [0.25, 0.3) is 33.2 Å². The molecule has 4 aromatic rings. The van der Waals surface area contributed by atoms with Gasteiger partial charge in [-0.1, -0.05) is 28.9 Å². The van der Waals surface area contributed by atoms with Gasteiger partial charge in [0.2, 0.25) is 0 Å². The molecule has 1 aliphatic rings. The molecule has 1 aliphatic heterocycles. The van der Waals surface area contributed by atoms with Gasteiger partial charge in [-0.3, -0.25) is 4.98 Å². The zero-order valence-corrected chi connectivity index (χ0v) is 22.0. The van der Waals surface area contributed by atoms with Gasteiger partial charge in [0.05, 0.1) is 16.3 Å². The Morgan fingerprint density at radius 2 is 1.94 bits per heavy atom. The summed E-state index contributed by atoms with van der Waals surface area (Å²) in [6.45, 7) is 5.57. The van der Waals surface area contributed by atoms with Crippen LogP contribution >= 0.6 is 0 Å². The Labute approximate surface area is 212 Å². The number of aromatic nitrogens is 5. The summed E-state index contributed by atoms with van der Waals surface area (Å²) < 4.78 is 34.4. The molecule has 0 spiro atoms. The predicted octanol–water partition coefficient (Wildman–Crippen LogP) is 3.13. The molecule has 32 heavy (non-hydrogen) atoms. The van der Waals surface area contributed by atoms with Crippen LogP contribution in [-0.4, -0.2) is 52.4 Å². The molecule has 165 valence electrons. The average Bonchev–Trinajstić information content (AvgIpc) is 3.24. The Balaban J connectivity index is 0.00000245. The summed E-state index contributed by atoms with van der Waals surface area (Å²) in [5.41, 5.74) is 4.99. The van der Waals surface area contributed by atoms with Crippen LogP contribution < -0.4 is 0 Å². The van der Waals surface area contributed by atoms with E-state index in [1.165, 1.54) is 6.26 Å². The molecule has 3 aromatic heterocycles. The second-order valence-corrected chi connectivity index (χ2v) is 10.1. The molecule has 4 heterocycles. The van der Waals surface area contributed by atoms with Gasteiger partial charge >= 0.3 is 0 Å². The molecule has 0 unspecified atom stereocenters. The minimum absolute atomic E-state index is 0. The summed E-state index contributed by atoms with van der Waals surface area (Å²) in [4.78, 5) is 5.04. The van der Waals surface area contributed by atoms with Gasteiger partial charge in [-0.15, -0.1) is 11.6 Å². The molecule has 1 radical (unpaired) electrons. The Kier molecular flexibility index (Phi) is 6.46. The third kappa shape index (κ3) is 4.00. The van der Waals surface area contributed by atoms with Crippen molar-refractivity contribution in [1.82, 2.24) is 24.5 Å². The molecule has 0 saturated carbocycles. The average molecular weight is 527 g/mol. The zero-order chi connectivity index (χ0) is 21.8. The van der Waals surface area contributed by atoms with Crippen molar-refractivity contribution in [3.8, 4) is 11.3 Å². The van der Waals surface area contributed by atoms with E-state index in [-0.39, 0.29) is 32.7 Å². The van der Waals surface area contributed by atoms with Crippen molar-refractivity contribution in [1.29, 1.82) is 0 Å². The molecule has 0 amide bonds. The van der Waals surface area contributed by atoms with Gasteiger partial charge in [-0.05, 0) is 42.7 Å². The maximum absolute atomic E-state index is 12.5. The fraction of sp³-hybridized carbons (Fsp3) is 0.364. The van der Waals surface area contributed by atoms with E-state index in [1.54, 1.807) is 23.0 Å². The van der Waals surface area contributed by atoms with Crippen LogP contribution in [0.4, 0.5) is 0 Å². The summed E-state index contributed by atoms with van der Waals surface area (Å²) in [7, 11) is -1.57. The number of ether oxygens (including phenoxy) is 1. The SMILES string of the molecule is Cc1nnn(C)c1-c1cnc2c3c(S(C)(=O)=O)cccc3n([CH-]C3CCOCC3)c2c1.[Y]. The zero-order valence-electron chi connectivity index (χ0n) is 18.3. The first-order chi connectivity index (χ1) is 14.8. The largest absolute Gasteiger partial charge is 0.476 e. The van der Waals surface area contributed by atoms with Gasteiger partial charge in [0, 0.05) is 76.5 Å². The van der Waals surface area contributed by atoms with Gasteiger partial charge in [0.25, 0.3) is 0 Å². The minimum atomic E-state index is -3.42. The van der Waals surface area contributed by atoms with Crippen LogP contribution in [0.15, 0.2) is 35.4 Å². The first-order valence-electron chi connectivity index (χ1n) is 10.3. The third-order valence-electron chi connectivity index (χ3n) is 5.92. The maximum Gasteiger partial charge on any atom is 0.175 e. The quantitative estimate of drug-likeness (QED) is 0.379. The van der Waals surface area contributed by atoms with Crippen molar-refractivity contribution >= 4 is 31.8 Å². The van der Waals surface area contributed by atoms with E-state index >= 15 is 0 Å². The number of aryl methyl sites for hydroxylation is 2. The van der Waals surface area contributed by atoms with E-state index in [2.05, 4.69) is 27.5 Å². The van der Waals surface area contributed by atoms with Gasteiger partial charge in [-0.2, -0.15) is 0 Å². The molecule has 1 saturated heterocycles. The molecule has 0 aliphatic carbocycles. The van der Waals surface area contributed by atoms with Crippen LogP contribution in [0.1, 0.15) is 18.5 Å². The third-order valence-corrected chi connectivity index (χ3v) is 7.06. The second kappa shape index (κ2) is 8.85. The van der Waals surface area contributed by atoms with E-state index in [1.807, 2.05) is 20.0 Å². The van der Waals surface area contributed by atoms with E-state index in [4.69, 9.17) is 9.72 Å². The number of sulfone groups is 1. The Bertz CT molecular complexity index is 1380.